The highest BCUT2D eigenvalue weighted by molar-refractivity contribution is 7.88. The van der Waals surface area contributed by atoms with Crippen LogP contribution in [0.4, 0.5) is 0 Å². The zero-order valence-electron chi connectivity index (χ0n) is 15.2. The van der Waals surface area contributed by atoms with E-state index in [1.54, 1.807) is 6.07 Å². The molecule has 2 saturated heterocycles. The highest BCUT2D eigenvalue weighted by Gasteiger charge is 2.40. The van der Waals surface area contributed by atoms with E-state index in [2.05, 4.69) is 10.5 Å². The third-order valence-electron chi connectivity index (χ3n) is 5.93. The van der Waals surface area contributed by atoms with E-state index >= 15 is 0 Å². The standard InChI is InChI=1S/C17H26N4O4S.ClH/c22-17(16-11-13-3-1-2-4-15(13)18-16)20-6-8-21(9-7-20)26(23,24)12-14-5-10-25-19-14;/h5,10,13,15-16,18H,1-4,6-9,11-12H2;1H. The fourth-order valence-corrected chi connectivity index (χ4v) is 5.93. The van der Waals surface area contributed by atoms with Crippen LogP contribution in [0.2, 0.25) is 0 Å². The molecule has 2 aliphatic heterocycles. The van der Waals surface area contributed by atoms with Crippen molar-refractivity contribution in [3.63, 3.8) is 0 Å². The highest BCUT2D eigenvalue weighted by Crippen LogP contribution is 2.33. The van der Waals surface area contributed by atoms with Crippen molar-refractivity contribution < 1.29 is 17.7 Å². The monoisotopic (exact) mass is 418 g/mol. The van der Waals surface area contributed by atoms with Crippen LogP contribution in [0.15, 0.2) is 16.9 Å². The quantitative estimate of drug-likeness (QED) is 0.783. The Kier molecular flexibility index (Phi) is 6.45. The van der Waals surface area contributed by atoms with Crippen LogP contribution in [0.1, 0.15) is 37.8 Å². The minimum atomic E-state index is -3.43. The molecule has 4 rings (SSSR count). The Labute approximate surface area is 166 Å². The fourth-order valence-electron chi connectivity index (χ4n) is 4.51. The number of amides is 1. The third kappa shape index (κ3) is 4.47. The van der Waals surface area contributed by atoms with E-state index in [-0.39, 0.29) is 30.1 Å². The van der Waals surface area contributed by atoms with Gasteiger partial charge in [-0.3, -0.25) is 4.79 Å². The predicted octanol–water partition coefficient (Wildman–Crippen LogP) is 0.991. The maximum atomic E-state index is 12.8. The Morgan fingerprint density at radius 3 is 2.63 bits per heavy atom. The number of halogens is 1. The van der Waals surface area contributed by atoms with Crippen molar-refractivity contribution in [3.8, 4) is 0 Å². The lowest BCUT2D eigenvalue weighted by molar-refractivity contribution is -0.134. The van der Waals surface area contributed by atoms with E-state index in [0.717, 1.165) is 6.42 Å². The van der Waals surface area contributed by atoms with Crippen LogP contribution in [-0.4, -0.2) is 66.9 Å². The first kappa shape index (κ1) is 20.6. The zero-order chi connectivity index (χ0) is 18.1. The van der Waals surface area contributed by atoms with E-state index in [1.165, 1.54) is 36.3 Å². The molecule has 1 N–H and O–H groups in total. The van der Waals surface area contributed by atoms with E-state index < -0.39 is 10.0 Å². The molecule has 0 bridgehead atoms. The molecule has 152 valence electrons. The van der Waals surface area contributed by atoms with Gasteiger partial charge in [-0.05, 0) is 25.2 Å². The molecular formula is C17H27ClN4O4S. The molecule has 3 unspecified atom stereocenters. The molecular weight excluding hydrogens is 392 g/mol. The number of piperazine rings is 1. The van der Waals surface area contributed by atoms with Gasteiger partial charge in [0.25, 0.3) is 0 Å². The number of sulfonamides is 1. The van der Waals surface area contributed by atoms with Crippen molar-refractivity contribution in [2.75, 3.05) is 26.2 Å². The van der Waals surface area contributed by atoms with Crippen LogP contribution >= 0.6 is 12.4 Å². The number of hydrogen-bond donors (Lipinski definition) is 1. The Bertz CT molecular complexity index is 720. The smallest absolute Gasteiger partial charge is 0.239 e. The van der Waals surface area contributed by atoms with E-state index in [9.17, 15) is 13.2 Å². The molecule has 1 aliphatic carbocycles. The van der Waals surface area contributed by atoms with Crippen LogP contribution in [0.3, 0.4) is 0 Å². The first-order chi connectivity index (χ1) is 12.5. The molecule has 10 heteroatoms. The van der Waals surface area contributed by atoms with Crippen LogP contribution in [0.25, 0.3) is 0 Å². The summed E-state index contributed by atoms with van der Waals surface area (Å²) in [5.41, 5.74) is 0.404. The first-order valence-corrected chi connectivity index (χ1v) is 11.1. The average molecular weight is 419 g/mol. The Morgan fingerprint density at radius 1 is 1.22 bits per heavy atom. The van der Waals surface area contributed by atoms with Crippen molar-refractivity contribution in [1.29, 1.82) is 0 Å². The molecule has 1 aromatic heterocycles. The normalized spacial score (nSPS) is 29.2. The molecule has 3 aliphatic rings. The lowest BCUT2D eigenvalue weighted by Crippen LogP contribution is -2.54. The van der Waals surface area contributed by atoms with Gasteiger partial charge in [0.05, 0.1) is 11.7 Å². The summed E-state index contributed by atoms with van der Waals surface area (Å²) in [4.78, 5) is 14.6. The van der Waals surface area contributed by atoms with Gasteiger partial charge in [0, 0.05) is 38.3 Å². The summed E-state index contributed by atoms with van der Waals surface area (Å²) in [5.74, 6) is 0.597. The second-order valence-electron chi connectivity index (χ2n) is 7.58. The predicted molar refractivity (Wildman–Crippen MR) is 102 cm³/mol. The summed E-state index contributed by atoms with van der Waals surface area (Å²) in [6.45, 7) is 1.58. The van der Waals surface area contributed by atoms with Gasteiger partial charge in [0.2, 0.25) is 15.9 Å². The number of nitrogens with zero attached hydrogens (tertiary/aromatic N) is 3. The van der Waals surface area contributed by atoms with Gasteiger partial charge in [-0.25, -0.2) is 8.42 Å². The summed E-state index contributed by atoms with van der Waals surface area (Å²) in [5, 5.41) is 7.19. The number of rotatable bonds is 4. The van der Waals surface area contributed by atoms with Crippen LogP contribution in [-0.2, 0) is 20.6 Å². The molecule has 27 heavy (non-hydrogen) atoms. The van der Waals surface area contributed by atoms with E-state index in [4.69, 9.17) is 4.52 Å². The van der Waals surface area contributed by atoms with Gasteiger partial charge in [0.1, 0.15) is 12.0 Å². The Balaban J connectivity index is 0.00000210. The van der Waals surface area contributed by atoms with Gasteiger partial charge < -0.3 is 14.7 Å². The molecule has 0 radical (unpaired) electrons. The average Bonchev–Trinajstić information content (AvgIpc) is 3.30. The zero-order valence-corrected chi connectivity index (χ0v) is 16.9. The molecule has 1 amide bonds. The summed E-state index contributed by atoms with van der Waals surface area (Å²) in [6.07, 6.45) is 7.20. The lowest BCUT2D eigenvalue weighted by Gasteiger charge is -2.35. The second-order valence-corrected chi connectivity index (χ2v) is 9.55. The van der Waals surface area contributed by atoms with Crippen molar-refractivity contribution >= 4 is 28.3 Å². The molecule has 1 saturated carbocycles. The van der Waals surface area contributed by atoms with Crippen LogP contribution < -0.4 is 5.32 Å². The largest absolute Gasteiger partial charge is 0.364 e. The van der Waals surface area contributed by atoms with Crippen molar-refractivity contribution in [2.45, 2.75) is 49.9 Å². The Morgan fingerprint density at radius 2 is 1.96 bits per heavy atom. The molecule has 3 atom stereocenters. The number of nitrogens with one attached hydrogen (secondary N) is 1. The number of aromatic nitrogens is 1. The van der Waals surface area contributed by atoms with Crippen molar-refractivity contribution in [1.82, 2.24) is 19.7 Å². The van der Waals surface area contributed by atoms with Crippen LogP contribution in [0, 0.1) is 5.92 Å². The van der Waals surface area contributed by atoms with E-state index in [1.807, 2.05) is 4.90 Å². The molecule has 1 aromatic rings. The minimum Gasteiger partial charge on any atom is -0.364 e. The van der Waals surface area contributed by atoms with Crippen molar-refractivity contribution in [3.05, 3.63) is 18.0 Å². The van der Waals surface area contributed by atoms with E-state index in [0.29, 0.717) is 43.8 Å². The summed E-state index contributed by atoms with van der Waals surface area (Å²) in [6, 6.07) is 1.95. The summed E-state index contributed by atoms with van der Waals surface area (Å²) in [7, 11) is -3.43. The molecule has 0 spiro atoms. The maximum Gasteiger partial charge on any atom is 0.239 e. The van der Waals surface area contributed by atoms with Crippen LogP contribution in [0.5, 0.6) is 0 Å². The topological polar surface area (TPSA) is 95.8 Å². The molecule has 8 nitrogen and oxygen atoms in total. The first-order valence-electron chi connectivity index (χ1n) is 9.45. The van der Waals surface area contributed by atoms with Crippen molar-refractivity contribution in [2.24, 2.45) is 5.92 Å². The molecule has 3 heterocycles. The highest BCUT2D eigenvalue weighted by atomic mass is 35.5. The number of fused-ring (bicyclic) bond motifs is 1. The fraction of sp³-hybridized carbons (Fsp3) is 0.765. The third-order valence-corrected chi connectivity index (χ3v) is 7.74. The SMILES string of the molecule is Cl.O=C(C1CC2CCCCC2N1)N1CCN(S(=O)(=O)Cc2ccon2)CC1. The molecule has 3 fully saturated rings. The maximum absolute atomic E-state index is 12.8. The second kappa shape index (κ2) is 8.46. The van der Waals surface area contributed by atoms with Gasteiger partial charge in [-0.1, -0.05) is 18.0 Å². The summed E-state index contributed by atoms with van der Waals surface area (Å²) < 4.78 is 31.1. The van der Waals surface area contributed by atoms with Gasteiger partial charge in [-0.15, -0.1) is 12.4 Å². The minimum absolute atomic E-state index is 0. The number of carbonyl (C=O) groups is 1. The number of carbonyl (C=O) groups excluding carboxylic acids is 1. The summed E-state index contributed by atoms with van der Waals surface area (Å²) >= 11 is 0. The van der Waals surface area contributed by atoms with Gasteiger partial charge in [0.15, 0.2) is 0 Å². The lowest BCUT2D eigenvalue weighted by atomic mass is 9.85. The Hall–Kier alpha value is -1.16. The number of hydrogen-bond acceptors (Lipinski definition) is 6. The van der Waals surface area contributed by atoms with Gasteiger partial charge in [-0.2, -0.15) is 4.31 Å². The molecule has 0 aromatic carbocycles. The van der Waals surface area contributed by atoms with Gasteiger partial charge >= 0.3 is 0 Å².